The van der Waals surface area contributed by atoms with E-state index in [1.54, 1.807) is 24.3 Å². The van der Waals surface area contributed by atoms with E-state index in [0.717, 1.165) is 19.3 Å². The van der Waals surface area contributed by atoms with Crippen LogP contribution in [0.3, 0.4) is 0 Å². The highest BCUT2D eigenvalue weighted by Crippen LogP contribution is 2.31. The van der Waals surface area contributed by atoms with Crippen LogP contribution in [0.1, 0.15) is 42.9 Å². The van der Waals surface area contributed by atoms with E-state index in [0.29, 0.717) is 17.9 Å². The molecular formula is C22H28N2O4S. The summed E-state index contributed by atoms with van der Waals surface area (Å²) in [5, 5.41) is 3.12. The van der Waals surface area contributed by atoms with Crippen LogP contribution in [0.4, 0.5) is 5.69 Å². The number of nitrogens with one attached hydrogen (secondary N) is 1. The van der Waals surface area contributed by atoms with Crippen molar-refractivity contribution in [2.24, 2.45) is 0 Å². The summed E-state index contributed by atoms with van der Waals surface area (Å²) in [6.07, 6.45) is 4.88. The van der Waals surface area contributed by atoms with Crippen molar-refractivity contribution >= 4 is 21.6 Å². The van der Waals surface area contributed by atoms with Crippen molar-refractivity contribution in [2.75, 3.05) is 24.2 Å². The molecule has 2 aromatic rings. The van der Waals surface area contributed by atoms with Crippen molar-refractivity contribution in [3.05, 3.63) is 59.7 Å². The van der Waals surface area contributed by atoms with Crippen molar-refractivity contribution in [1.29, 1.82) is 0 Å². The van der Waals surface area contributed by atoms with Gasteiger partial charge in [-0.1, -0.05) is 36.4 Å². The molecule has 0 heterocycles. The average Bonchev–Trinajstić information content (AvgIpc) is 2.70. The fourth-order valence-corrected chi connectivity index (χ4v) is 4.82. The van der Waals surface area contributed by atoms with Crippen LogP contribution in [-0.2, 0) is 21.2 Å². The first-order chi connectivity index (χ1) is 13.9. The van der Waals surface area contributed by atoms with Gasteiger partial charge in [0, 0.05) is 13.0 Å². The number of carbonyl (C=O) groups excluding carboxylic acids is 1. The van der Waals surface area contributed by atoms with E-state index in [-0.39, 0.29) is 24.9 Å². The zero-order valence-electron chi connectivity index (χ0n) is 16.9. The van der Waals surface area contributed by atoms with Gasteiger partial charge in [-0.15, -0.1) is 0 Å². The minimum Gasteiger partial charge on any atom is -0.495 e. The highest BCUT2D eigenvalue weighted by Gasteiger charge is 2.23. The van der Waals surface area contributed by atoms with Crippen molar-refractivity contribution in [3.8, 4) is 5.75 Å². The lowest BCUT2D eigenvalue weighted by molar-refractivity contribution is -0.122. The molecule has 0 saturated heterocycles. The average molecular weight is 417 g/mol. The molecule has 1 amide bonds. The molecule has 0 saturated carbocycles. The van der Waals surface area contributed by atoms with Gasteiger partial charge in [0.2, 0.25) is 15.9 Å². The lowest BCUT2D eigenvalue weighted by Crippen LogP contribution is -2.34. The highest BCUT2D eigenvalue weighted by molar-refractivity contribution is 7.92. The van der Waals surface area contributed by atoms with Gasteiger partial charge in [0.1, 0.15) is 5.75 Å². The Hall–Kier alpha value is -2.54. The van der Waals surface area contributed by atoms with Crippen LogP contribution < -0.4 is 14.4 Å². The summed E-state index contributed by atoms with van der Waals surface area (Å²) < 4.78 is 31.2. The molecule has 3 rings (SSSR count). The largest absolute Gasteiger partial charge is 0.495 e. The van der Waals surface area contributed by atoms with Crippen LogP contribution in [0.25, 0.3) is 0 Å². The fourth-order valence-electron chi connectivity index (χ4n) is 3.85. The van der Waals surface area contributed by atoms with Crippen molar-refractivity contribution in [2.45, 2.75) is 38.1 Å². The maximum absolute atomic E-state index is 12.5. The predicted molar refractivity (Wildman–Crippen MR) is 115 cm³/mol. The molecule has 0 fully saturated rings. The minimum absolute atomic E-state index is 0.0349. The van der Waals surface area contributed by atoms with E-state index >= 15 is 0 Å². The van der Waals surface area contributed by atoms with Crippen LogP contribution in [0, 0.1) is 0 Å². The standard InChI is InChI=1S/C22H28N2O4S/c1-28-21-14-6-5-13-20(21)24(29(2,26)27)16-8-15-22(25)23-19-12-7-10-17-9-3-4-11-18(17)19/h3-6,9,11,13-14,19H,7-8,10,12,15-16H2,1-2H3,(H,23,25)/t19-/m1/s1. The van der Waals surface area contributed by atoms with Gasteiger partial charge in [0.05, 0.1) is 25.1 Å². The van der Waals surface area contributed by atoms with Gasteiger partial charge in [0.15, 0.2) is 0 Å². The molecule has 0 radical (unpaired) electrons. The summed E-state index contributed by atoms with van der Waals surface area (Å²) in [7, 11) is -1.99. The zero-order valence-corrected chi connectivity index (χ0v) is 17.7. The molecule has 0 aliphatic heterocycles. The molecule has 1 aliphatic carbocycles. The number of methoxy groups -OCH3 is 1. The Balaban J connectivity index is 1.61. The molecule has 156 valence electrons. The van der Waals surface area contributed by atoms with E-state index in [2.05, 4.69) is 17.4 Å². The van der Waals surface area contributed by atoms with E-state index in [4.69, 9.17) is 4.74 Å². The first-order valence-electron chi connectivity index (χ1n) is 9.88. The van der Waals surface area contributed by atoms with Crippen LogP contribution in [-0.4, -0.2) is 34.2 Å². The van der Waals surface area contributed by atoms with E-state index < -0.39 is 10.0 Å². The Morgan fingerprint density at radius 3 is 2.66 bits per heavy atom. The smallest absolute Gasteiger partial charge is 0.232 e. The van der Waals surface area contributed by atoms with Crippen LogP contribution in [0.15, 0.2) is 48.5 Å². The maximum Gasteiger partial charge on any atom is 0.232 e. The van der Waals surface area contributed by atoms with Gasteiger partial charge in [-0.25, -0.2) is 8.42 Å². The fraction of sp³-hybridized carbons (Fsp3) is 0.409. The molecule has 0 bridgehead atoms. The van der Waals surface area contributed by atoms with Gasteiger partial charge >= 0.3 is 0 Å². The van der Waals surface area contributed by atoms with E-state index in [1.165, 1.54) is 28.8 Å². The van der Waals surface area contributed by atoms with Crippen molar-refractivity contribution in [1.82, 2.24) is 5.32 Å². The molecular weight excluding hydrogens is 388 g/mol. The summed E-state index contributed by atoms with van der Waals surface area (Å²) in [6, 6.07) is 15.2. The lowest BCUT2D eigenvalue weighted by atomic mass is 9.87. The Bertz CT molecular complexity index is 959. The summed E-state index contributed by atoms with van der Waals surface area (Å²) >= 11 is 0. The first kappa shape index (κ1) is 21.2. The predicted octanol–water partition coefficient (Wildman–Crippen LogP) is 3.44. The number of fused-ring (bicyclic) bond motifs is 1. The second-order valence-corrected chi connectivity index (χ2v) is 9.23. The normalized spacial score (nSPS) is 16.0. The van der Waals surface area contributed by atoms with E-state index in [1.807, 2.05) is 12.1 Å². The summed E-state index contributed by atoms with van der Waals surface area (Å²) in [4.78, 5) is 12.5. The van der Waals surface area contributed by atoms with Crippen LogP contribution >= 0.6 is 0 Å². The molecule has 7 heteroatoms. The number of sulfonamides is 1. The Labute approximate surface area is 172 Å². The number of anilines is 1. The quantitative estimate of drug-likeness (QED) is 0.715. The van der Waals surface area contributed by atoms with Gasteiger partial charge in [-0.05, 0) is 48.9 Å². The van der Waals surface area contributed by atoms with Gasteiger partial charge in [0.25, 0.3) is 0 Å². The van der Waals surface area contributed by atoms with Crippen molar-refractivity contribution < 1.29 is 17.9 Å². The number of rotatable bonds is 8. The molecule has 0 unspecified atom stereocenters. The lowest BCUT2D eigenvalue weighted by Gasteiger charge is -2.27. The number of hydrogen-bond acceptors (Lipinski definition) is 4. The third-order valence-electron chi connectivity index (χ3n) is 5.22. The van der Waals surface area contributed by atoms with Crippen molar-refractivity contribution in [3.63, 3.8) is 0 Å². The number of nitrogens with zero attached hydrogens (tertiary/aromatic N) is 1. The minimum atomic E-state index is -3.49. The highest BCUT2D eigenvalue weighted by atomic mass is 32.2. The Morgan fingerprint density at radius 1 is 1.17 bits per heavy atom. The van der Waals surface area contributed by atoms with Gasteiger partial charge in [-0.3, -0.25) is 9.10 Å². The topological polar surface area (TPSA) is 75.7 Å². The SMILES string of the molecule is COc1ccccc1N(CCCC(=O)N[C@@H]1CCCc2ccccc21)S(C)(=O)=O. The molecule has 0 spiro atoms. The Morgan fingerprint density at radius 2 is 1.90 bits per heavy atom. The third kappa shape index (κ3) is 5.29. The number of hydrogen-bond donors (Lipinski definition) is 1. The first-order valence-corrected chi connectivity index (χ1v) is 11.7. The maximum atomic E-state index is 12.5. The molecule has 1 aliphatic rings. The third-order valence-corrected chi connectivity index (χ3v) is 6.40. The zero-order chi connectivity index (χ0) is 20.9. The summed E-state index contributed by atoms with van der Waals surface area (Å²) in [6.45, 7) is 0.216. The van der Waals surface area contributed by atoms with E-state index in [9.17, 15) is 13.2 Å². The van der Waals surface area contributed by atoms with Gasteiger partial charge < -0.3 is 10.1 Å². The molecule has 1 N–H and O–H groups in total. The number of carbonyl (C=O) groups is 1. The number of aryl methyl sites for hydroxylation is 1. The number of amides is 1. The van der Waals surface area contributed by atoms with Crippen LogP contribution in [0.5, 0.6) is 5.75 Å². The molecule has 1 atom stereocenters. The number of para-hydroxylation sites is 2. The second kappa shape index (κ2) is 9.31. The monoisotopic (exact) mass is 416 g/mol. The Kier molecular flexibility index (Phi) is 6.79. The summed E-state index contributed by atoms with van der Waals surface area (Å²) in [5.74, 6) is 0.432. The second-order valence-electron chi connectivity index (χ2n) is 7.32. The molecule has 6 nitrogen and oxygen atoms in total. The van der Waals surface area contributed by atoms with Crippen LogP contribution in [0.2, 0.25) is 0 Å². The number of benzene rings is 2. The number of ether oxygens (including phenoxy) is 1. The molecule has 29 heavy (non-hydrogen) atoms. The molecule has 0 aromatic heterocycles. The molecule has 2 aromatic carbocycles. The summed E-state index contributed by atoms with van der Waals surface area (Å²) in [5.41, 5.74) is 2.97. The van der Waals surface area contributed by atoms with Gasteiger partial charge in [-0.2, -0.15) is 0 Å².